The number of likely N-dealkylation sites (tertiary alicyclic amines) is 1. The second kappa shape index (κ2) is 5.97. The maximum absolute atomic E-state index is 12.7. The quantitative estimate of drug-likeness (QED) is 0.859. The van der Waals surface area contributed by atoms with Crippen LogP contribution in [0.15, 0.2) is 18.2 Å². The van der Waals surface area contributed by atoms with Gasteiger partial charge in [-0.25, -0.2) is 0 Å². The van der Waals surface area contributed by atoms with Crippen LogP contribution < -0.4 is 14.8 Å². The van der Waals surface area contributed by atoms with E-state index in [2.05, 4.69) is 5.32 Å². The fourth-order valence-electron chi connectivity index (χ4n) is 3.69. The van der Waals surface area contributed by atoms with Gasteiger partial charge in [-0.15, -0.1) is 12.4 Å². The maximum Gasteiger partial charge on any atom is 0.254 e. The standard InChI is InChI=1S/C16H20N2O3.ClH/c19-15(12-1-2-13-14(9-12)21-11-20-13)18-8-5-16(10-18)3-6-17-7-4-16;/h1-2,9,17H,3-8,10-11H2;1H. The summed E-state index contributed by atoms with van der Waals surface area (Å²) in [6.07, 6.45) is 3.49. The Bertz CT molecular complexity index is 573. The van der Waals surface area contributed by atoms with Crippen molar-refractivity contribution >= 4 is 18.3 Å². The molecule has 4 rings (SSSR count). The molecule has 1 aromatic carbocycles. The molecule has 0 bridgehead atoms. The number of rotatable bonds is 1. The summed E-state index contributed by atoms with van der Waals surface area (Å²) < 4.78 is 10.7. The van der Waals surface area contributed by atoms with Crippen molar-refractivity contribution in [3.8, 4) is 11.5 Å². The van der Waals surface area contributed by atoms with Crippen LogP contribution >= 0.6 is 12.4 Å². The molecule has 0 atom stereocenters. The van der Waals surface area contributed by atoms with Crippen LogP contribution in [-0.2, 0) is 0 Å². The fraction of sp³-hybridized carbons (Fsp3) is 0.562. The van der Waals surface area contributed by atoms with E-state index in [1.807, 2.05) is 17.0 Å². The molecule has 6 heteroatoms. The van der Waals surface area contributed by atoms with Crippen LogP contribution in [0.4, 0.5) is 0 Å². The third-order valence-corrected chi connectivity index (χ3v) is 5.01. The van der Waals surface area contributed by atoms with Crippen molar-refractivity contribution in [2.75, 3.05) is 33.0 Å². The summed E-state index contributed by atoms with van der Waals surface area (Å²) in [4.78, 5) is 14.7. The van der Waals surface area contributed by atoms with Crippen molar-refractivity contribution in [1.29, 1.82) is 0 Å². The Morgan fingerprint density at radius 2 is 1.91 bits per heavy atom. The van der Waals surface area contributed by atoms with Crippen LogP contribution in [0.3, 0.4) is 0 Å². The number of nitrogens with zero attached hydrogens (tertiary/aromatic N) is 1. The number of fused-ring (bicyclic) bond motifs is 1. The molecule has 1 N–H and O–H groups in total. The molecule has 0 aromatic heterocycles. The molecule has 0 radical (unpaired) electrons. The molecule has 3 aliphatic heterocycles. The van der Waals surface area contributed by atoms with E-state index in [1.165, 1.54) is 12.8 Å². The van der Waals surface area contributed by atoms with E-state index in [4.69, 9.17) is 9.47 Å². The summed E-state index contributed by atoms with van der Waals surface area (Å²) in [7, 11) is 0. The highest BCUT2D eigenvalue weighted by molar-refractivity contribution is 5.95. The second-order valence-electron chi connectivity index (χ2n) is 6.29. The number of amides is 1. The molecule has 3 heterocycles. The van der Waals surface area contributed by atoms with Crippen molar-refractivity contribution in [3.63, 3.8) is 0 Å². The molecule has 0 unspecified atom stereocenters. The van der Waals surface area contributed by atoms with Gasteiger partial charge < -0.3 is 19.7 Å². The van der Waals surface area contributed by atoms with Gasteiger partial charge in [0.25, 0.3) is 5.91 Å². The first kappa shape index (κ1) is 15.4. The van der Waals surface area contributed by atoms with Crippen LogP contribution in [0.1, 0.15) is 29.6 Å². The number of hydrogen-bond donors (Lipinski definition) is 1. The summed E-state index contributed by atoms with van der Waals surface area (Å²) in [5, 5.41) is 3.41. The monoisotopic (exact) mass is 324 g/mol. The van der Waals surface area contributed by atoms with Crippen LogP contribution in [0.5, 0.6) is 11.5 Å². The van der Waals surface area contributed by atoms with Crippen molar-refractivity contribution in [2.45, 2.75) is 19.3 Å². The Labute approximate surface area is 136 Å². The summed E-state index contributed by atoms with van der Waals surface area (Å²) in [5.74, 6) is 1.52. The van der Waals surface area contributed by atoms with E-state index in [0.29, 0.717) is 16.7 Å². The number of halogens is 1. The number of piperidine rings is 1. The van der Waals surface area contributed by atoms with E-state index >= 15 is 0 Å². The van der Waals surface area contributed by atoms with Gasteiger partial charge in [-0.3, -0.25) is 4.79 Å². The highest BCUT2D eigenvalue weighted by atomic mass is 35.5. The molecule has 1 spiro atoms. The van der Waals surface area contributed by atoms with E-state index in [1.54, 1.807) is 6.07 Å². The smallest absolute Gasteiger partial charge is 0.254 e. The van der Waals surface area contributed by atoms with Crippen LogP contribution in [-0.4, -0.2) is 43.8 Å². The molecular formula is C16H21ClN2O3. The van der Waals surface area contributed by atoms with E-state index < -0.39 is 0 Å². The van der Waals surface area contributed by atoms with E-state index in [-0.39, 0.29) is 25.1 Å². The molecule has 0 aliphatic carbocycles. The SMILES string of the molecule is Cl.O=C(c1ccc2c(c1)OCO2)N1CCC2(CCNCC2)C1. The number of nitrogens with one attached hydrogen (secondary N) is 1. The van der Waals surface area contributed by atoms with Gasteiger partial charge in [0.1, 0.15) is 0 Å². The third kappa shape index (κ3) is 2.63. The average molecular weight is 325 g/mol. The molecule has 2 fully saturated rings. The van der Waals surface area contributed by atoms with Crippen molar-refractivity contribution in [3.05, 3.63) is 23.8 Å². The lowest BCUT2D eigenvalue weighted by atomic mass is 9.78. The third-order valence-electron chi connectivity index (χ3n) is 5.01. The van der Waals surface area contributed by atoms with Crippen molar-refractivity contribution in [1.82, 2.24) is 10.2 Å². The molecule has 3 aliphatic rings. The zero-order chi connectivity index (χ0) is 14.3. The predicted octanol–water partition coefficient (Wildman–Crippen LogP) is 2.05. The van der Waals surface area contributed by atoms with Crippen molar-refractivity contribution < 1.29 is 14.3 Å². The molecule has 2 saturated heterocycles. The first-order valence-electron chi connectivity index (χ1n) is 7.66. The van der Waals surface area contributed by atoms with Crippen LogP contribution in [0, 0.1) is 5.41 Å². The lowest BCUT2D eigenvalue weighted by molar-refractivity contribution is 0.0761. The van der Waals surface area contributed by atoms with Gasteiger partial charge in [0, 0.05) is 18.7 Å². The molecule has 5 nitrogen and oxygen atoms in total. The van der Waals surface area contributed by atoms with Crippen LogP contribution in [0.25, 0.3) is 0 Å². The molecule has 120 valence electrons. The van der Waals surface area contributed by atoms with E-state index in [0.717, 1.165) is 38.3 Å². The van der Waals surface area contributed by atoms with Gasteiger partial charge in [0.2, 0.25) is 6.79 Å². The first-order chi connectivity index (χ1) is 10.3. The average Bonchev–Trinajstić information content (AvgIpc) is 3.14. The predicted molar refractivity (Wildman–Crippen MR) is 84.9 cm³/mol. The van der Waals surface area contributed by atoms with Crippen LogP contribution in [0.2, 0.25) is 0 Å². The molecule has 1 amide bonds. The second-order valence-corrected chi connectivity index (χ2v) is 6.29. The van der Waals surface area contributed by atoms with Gasteiger partial charge >= 0.3 is 0 Å². The Morgan fingerprint density at radius 1 is 1.14 bits per heavy atom. The lowest BCUT2D eigenvalue weighted by Gasteiger charge is -2.33. The minimum absolute atomic E-state index is 0. The Balaban J connectivity index is 0.00000144. The number of benzene rings is 1. The molecule has 1 aromatic rings. The minimum atomic E-state index is 0. The van der Waals surface area contributed by atoms with Gasteiger partial charge in [-0.1, -0.05) is 0 Å². The summed E-state index contributed by atoms with van der Waals surface area (Å²) >= 11 is 0. The number of carbonyl (C=O) groups is 1. The summed E-state index contributed by atoms with van der Waals surface area (Å²) in [6.45, 7) is 4.15. The fourth-order valence-corrected chi connectivity index (χ4v) is 3.69. The molecular weight excluding hydrogens is 304 g/mol. The number of hydrogen-bond acceptors (Lipinski definition) is 4. The topological polar surface area (TPSA) is 50.8 Å². The van der Waals surface area contributed by atoms with Gasteiger partial charge in [-0.2, -0.15) is 0 Å². The first-order valence-corrected chi connectivity index (χ1v) is 7.66. The largest absolute Gasteiger partial charge is 0.454 e. The zero-order valence-corrected chi connectivity index (χ0v) is 13.3. The Hall–Kier alpha value is -1.46. The highest BCUT2D eigenvalue weighted by Gasteiger charge is 2.40. The summed E-state index contributed by atoms with van der Waals surface area (Å²) in [5.41, 5.74) is 1.04. The Kier molecular flexibility index (Phi) is 4.19. The summed E-state index contributed by atoms with van der Waals surface area (Å²) in [6, 6.07) is 5.47. The van der Waals surface area contributed by atoms with Gasteiger partial charge in [0.05, 0.1) is 0 Å². The lowest BCUT2D eigenvalue weighted by Crippen LogP contribution is -2.39. The van der Waals surface area contributed by atoms with Crippen molar-refractivity contribution in [2.24, 2.45) is 5.41 Å². The van der Waals surface area contributed by atoms with Gasteiger partial charge in [0.15, 0.2) is 11.5 Å². The van der Waals surface area contributed by atoms with Gasteiger partial charge in [-0.05, 0) is 56.0 Å². The minimum Gasteiger partial charge on any atom is -0.454 e. The molecule has 0 saturated carbocycles. The Morgan fingerprint density at radius 3 is 2.73 bits per heavy atom. The zero-order valence-electron chi connectivity index (χ0n) is 12.5. The normalized spacial score (nSPS) is 21.7. The molecule has 22 heavy (non-hydrogen) atoms. The number of ether oxygens (including phenoxy) is 2. The number of carbonyl (C=O) groups excluding carboxylic acids is 1. The highest BCUT2D eigenvalue weighted by Crippen LogP contribution is 2.39. The maximum atomic E-state index is 12.7. The van der Waals surface area contributed by atoms with E-state index in [9.17, 15) is 4.79 Å².